The van der Waals surface area contributed by atoms with E-state index in [1.54, 1.807) is 18.2 Å². The molecular formula is C22H18O2. The van der Waals surface area contributed by atoms with E-state index in [9.17, 15) is 9.59 Å². The van der Waals surface area contributed by atoms with Crippen molar-refractivity contribution in [3.05, 3.63) is 106 Å². The van der Waals surface area contributed by atoms with Crippen LogP contribution in [0.5, 0.6) is 0 Å². The van der Waals surface area contributed by atoms with E-state index in [0.29, 0.717) is 22.3 Å². The summed E-state index contributed by atoms with van der Waals surface area (Å²) in [5.41, 5.74) is 4.33. The van der Waals surface area contributed by atoms with Gasteiger partial charge in [-0.1, -0.05) is 60.2 Å². The molecule has 0 saturated carbocycles. The molecule has 3 aromatic rings. The molecule has 0 N–H and O–H groups in total. The molecule has 2 heteroatoms. The van der Waals surface area contributed by atoms with Crippen LogP contribution in [0.2, 0.25) is 0 Å². The van der Waals surface area contributed by atoms with E-state index < -0.39 is 0 Å². The van der Waals surface area contributed by atoms with Gasteiger partial charge in [0.2, 0.25) is 0 Å². The van der Waals surface area contributed by atoms with Gasteiger partial charge in [-0.05, 0) is 37.6 Å². The van der Waals surface area contributed by atoms with Crippen LogP contribution in [0.1, 0.15) is 43.0 Å². The first-order valence-corrected chi connectivity index (χ1v) is 7.87. The van der Waals surface area contributed by atoms with Gasteiger partial charge in [-0.15, -0.1) is 0 Å². The third kappa shape index (κ3) is 3.33. The van der Waals surface area contributed by atoms with Gasteiger partial charge in [-0.3, -0.25) is 9.59 Å². The molecule has 0 fully saturated rings. The first kappa shape index (κ1) is 15.9. The molecule has 118 valence electrons. The molecule has 0 heterocycles. The first-order valence-electron chi connectivity index (χ1n) is 7.87. The molecule has 0 amide bonds. The van der Waals surface area contributed by atoms with Crippen LogP contribution >= 0.6 is 0 Å². The van der Waals surface area contributed by atoms with Crippen LogP contribution in [0.15, 0.2) is 72.8 Å². The van der Waals surface area contributed by atoms with Crippen LogP contribution in [-0.4, -0.2) is 11.6 Å². The van der Waals surface area contributed by atoms with Gasteiger partial charge >= 0.3 is 0 Å². The highest BCUT2D eigenvalue weighted by molar-refractivity contribution is 6.13. The lowest BCUT2D eigenvalue weighted by molar-refractivity contribution is 0.103. The predicted octanol–water partition coefficient (Wildman–Crippen LogP) is 4.77. The smallest absolute Gasteiger partial charge is 0.193 e. The maximum Gasteiger partial charge on any atom is 0.193 e. The predicted molar refractivity (Wildman–Crippen MR) is 95.7 cm³/mol. The molecule has 0 spiro atoms. The van der Waals surface area contributed by atoms with Crippen LogP contribution in [0.3, 0.4) is 0 Å². The maximum absolute atomic E-state index is 12.7. The van der Waals surface area contributed by atoms with E-state index in [1.807, 2.05) is 68.4 Å². The largest absolute Gasteiger partial charge is 0.289 e. The summed E-state index contributed by atoms with van der Waals surface area (Å²) in [7, 11) is 0. The molecule has 0 unspecified atom stereocenters. The molecule has 3 aromatic carbocycles. The van der Waals surface area contributed by atoms with Gasteiger partial charge in [0.15, 0.2) is 11.6 Å². The lowest BCUT2D eigenvalue weighted by atomic mass is 9.95. The van der Waals surface area contributed by atoms with Crippen LogP contribution in [0.4, 0.5) is 0 Å². The van der Waals surface area contributed by atoms with Gasteiger partial charge in [-0.2, -0.15) is 0 Å². The van der Waals surface area contributed by atoms with E-state index in [4.69, 9.17) is 0 Å². The Morgan fingerprint density at radius 3 is 1.58 bits per heavy atom. The van der Waals surface area contributed by atoms with Crippen LogP contribution in [0, 0.1) is 13.8 Å². The molecule has 24 heavy (non-hydrogen) atoms. The SMILES string of the molecule is Cc1ccc(C(=O)c2cc(C)cc(C(=O)c3ccccc3)c2)cc1. The van der Waals surface area contributed by atoms with Gasteiger partial charge in [0.05, 0.1) is 0 Å². The van der Waals surface area contributed by atoms with Crippen molar-refractivity contribution in [3.8, 4) is 0 Å². The maximum atomic E-state index is 12.7. The zero-order valence-corrected chi connectivity index (χ0v) is 13.7. The van der Waals surface area contributed by atoms with Crippen LogP contribution in [-0.2, 0) is 0 Å². The summed E-state index contributed by atoms with van der Waals surface area (Å²) in [5, 5.41) is 0. The number of carbonyl (C=O) groups excluding carboxylic acids is 2. The molecule has 0 aromatic heterocycles. The number of carbonyl (C=O) groups is 2. The van der Waals surface area contributed by atoms with Crippen molar-refractivity contribution < 1.29 is 9.59 Å². The molecule has 0 saturated heterocycles. The number of ketones is 2. The fourth-order valence-electron chi connectivity index (χ4n) is 2.67. The number of hydrogen-bond acceptors (Lipinski definition) is 2. The highest BCUT2D eigenvalue weighted by atomic mass is 16.1. The Kier molecular flexibility index (Phi) is 4.39. The topological polar surface area (TPSA) is 34.1 Å². The molecule has 0 aliphatic carbocycles. The van der Waals surface area contributed by atoms with Crippen molar-refractivity contribution >= 4 is 11.6 Å². The number of rotatable bonds is 4. The van der Waals surface area contributed by atoms with Crippen molar-refractivity contribution in [2.24, 2.45) is 0 Å². The summed E-state index contributed by atoms with van der Waals surface area (Å²) in [6.07, 6.45) is 0. The zero-order valence-electron chi connectivity index (χ0n) is 13.7. The van der Waals surface area contributed by atoms with Crippen LogP contribution < -0.4 is 0 Å². The fraction of sp³-hybridized carbons (Fsp3) is 0.0909. The monoisotopic (exact) mass is 314 g/mol. The minimum Gasteiger partial charge on any atom is -0.289 e. The highest BCUT2D eigenvalue weighted by Gasteiger charge is 2.14. The molecule has 0 aliphatic rings. The van der Waals surface area contributed by atoms with Crippen molar-refractivity contribution in [3.63, 3.8) is 0 Å². The third-order valence-corrected chi connectivity index (χ3v) is 3.95. The molecular weight excluding hydrogens is 296 g/mol. The summed E-state index contributed by atoms with van der Waals surface area (Å²) in [5.74, 6) is -0.141. The molecule has 3 rings (SSSR count). The molecule has 2 nitrogen and oxygen atoms in total. The van der Waals surface area contributed by atoms with Gasteiger partial charge in [0, 0.05) is 22.3 Å². The Morgan fingerprint density at radius 2 is 1.04 bits per heavy atom. The van der Waals surface area contributed by atoms with Crippen molar-refractivity contribution in [1.29, 1.82) is 0 Å². The number of benzene rings is 3. The van der Waals surface area contributed by atoms with Gasteiger partial charge in [0.1, 0.15) is 0 Å². The van der Waals surface area contributed by atoms with E-state index in [2.05, 4.69) is 0 Å². The number of aryl methyl sites for hydroxylation is 2. The zero-order chi connectivity index (χ0) is 17.1. The standard InChI is InChI=1S/C22H18O2/c1-15-8-10-18(11-9-15)22(24)20-13-16(2)12-19(14-20)21(23)17-6-4-3-5-7-17/h3-14H,1-2H3. The van der Waals surface area contributed by atoms with E-state index >= 15 is 0 Å². The minimum atomic E-state index is -0.0720. The second-order valence-electron chi connectivity index (χ2n) is 5.98. The van der Waals surface area contributed by atoms with Gasteiger partial charge in [0.25, 0.3) is 0 Å². The average Bonchev–Trinajstić information content (AvgIpc) is 2.61. The normalized spacial score (nSPS) is 10.4. The lowest BCUT2D eigenvalue weighted by Gasteiger charge is -2.07. The fourth-order valence-corrected chi connectivity index (χ4v) is 2.67. The Labute approximate surface area is 141 Å². The second-order valence-corrected chi connectivity index (χ2v) is 5.98. The Morgan fingerprint density at radius 1 is 0.542 bits per heavy atom. The summed E-state index contributed by atoms with van der Waals surface area (Å²) < 4.78 is 0. The molecule has 0 atom stereocenters. The van der Waals surface area contributed by atoms with Crippen molar-refractivity contribution in [2.45, 2.75) is 13.8 Å². The summed E-state index contributed by atoms with van der Waals surface area (Å²) in [6, 6.07) is 21.9. The van der Waals surface area contributed by atoms with E-state index in [-0.39, 0.29) is 11.6 Å². The average molecular weight is 314 g/mol. The molecule has 0 radical (unpaired) electrons. The van der Waals surface area contributed by atoms with E-state index in [1.165, 1.54) is 0 Å². The minimum absolute atomic E-state index is 0.0687. The lowest BCUT2D eigenvalue weighted by Crippen LogP contribution is -2.07. The summed E-state index contributed by atoms with van der Waals surface area (Å²) in [6.45, 7) is 3.88. The summed E-state index contributed by atoms with van der Waals surface area (Å²) >= 11 is 0. The van der Waals surface area contributed by atoms with E-state index in [0.717, 1.165) is 11.1 Å². The van der Waals surface area contributed by atoms with Crippen LogP contribution in [0.25, 0.3) is 0 Å². The van der Waals surface area contributed by atoms with Crippen molar-refractivity contribution in [2.75, 3.05) is 0 Å². The molecule has 0 aliphatic heterocycles. The molecule has 0 bridgehead atoms. The third-order valence-electron chi connectivity index (χ3n) is 3.95. The van der Waals surface area contributed by atoms with Crippen molar-refractivity contribution in [1.82, 2.24) is 0 Å². The van der Waals surface area contributed by atoms with Gasteiger partial charge < -0.3 is 0 Å². The van der Waals surface area contributed by atoms with Gasteiger partial charge in [-0.25, -0.2) is 0 Å². The highest BCUT2D eigenvalue weighted by Crippen LogP contribution is 2.18. The number of hydrogen-bond donors (Lipinski definition) is 0. The first-order chi connectivity index (χ1) is 11.5. The second kappa shape index (κ2) is 6.63. The Bertz CT molecular complexity index is 891. The summed E-state index contributed by atoms with van der Waals surface area (Å²) in [4.78, 5) is 25.4. The quantitative estimate of drug-likeness (QED) is 0.650. The Hall–Kier alpha value is -3.00. The Balaban J connectivity index is 1.99.